The van der Waals surface area contributed by atoms with Crippen LogP contribution in [-0.4, -0.2) is 19.3 Å². The summed E-state index contributed by atoms with van der Waals surface area (Å²) in [5, 5.41) is 21.4. The van der Waals surface area contributed by atoms with Crippen LogP contribution in [0.2, 0.25) is 0 Å². The summed E-state index contributed by atoms with van der Waals surface area (Å²) in [6.45, 7) is 0. The van der Waals surface area contributed by atoms with Crippen molar-refractivity contribution >= 4 is 21.7 Å². The molecule has 0 bridgehead atoms. The maximum absolute atomic E-state index is 12.3. The van der Waals surface area contributed by atoms with Crippen molar-refractivity contribution in [2.45, 2.75) is 17.4 Å². The van der Waals surface area contributed by atoms with Crippen molar-refractivity contribution in [3.05, 3.63) is 58.5 Å². The first-order chi connectivity index (χ1) is 10.8. The number of benzene rings is 1. The van der Waals surface area contributed by atoms with Crippen LogP contribution in [0.4, 0.5) is 5.69 Å². The van der Waals surface area contributed by atoms with E-state index in [1.807, 2.05) is 0 Å². The van der Waals surface area contributed by atoms with Crippen LogP contribution >= 0.6 is 0 Å². The Kier molecular flexibility index (Phi) is 4.77. The Bertz CT molecular complexity index is 797. The third-order valence-corrected chi connectivity index (χ3v) is 4.40. The zero-order valence-corrected chi connectivity index (χ0v) is 12.4. The van der Waals surface area contributed by atoms with Crippen molar-refractivity contribution in [3.8, 4) is 0 Å². The van der Waals surface area contributed by atoms with E-state index in [1.54, 1.807) is 0 Å². The molecule has 1 aromatic heterocycles. The van der Waals surface area contributed by atoms with Gasteiger partial charge in [0.2, 0.25) is 10.0 Å². The summed E-state index contributed by atoms with van der Waals surface area (Å²) in [5.74, 6) is -1.35. The number of carbonyl (C=O) groups excluding carboxylic acids is 1. The maximum atomic E-state index is 12.3. The molecule has 1 atom stereocenters. The van der Waals surface area contributed by atoms with Crippen molar-refractivity contribution in [2.24, 2.45) is 0 Å². The van der Waals surface area contributed by atoms with Gasteiger partial charge in [0.15, 0.2) is 0 Å². The second-order valence-electron chi connectivity index (χ2n) is 4.52. The topological polar surface area (TPSA) is 143 Å². The number of hydrogen-bond acceptors (Lipinski definition) is 7. The first-order valence-electron chi connectivity index (χ1n) is 6.29. The van der Waals surface area contributed by atoms with Gasteiger partial charge in [-0.25, -0.2) is 13.1 Å². The molecule has 10 heteroatoms. The van der Waals surface area contributed by atoms with Gasteiger partial charge in [-0.15, -0.1) is 0 Å². The van der Waals surface area contributed by atoms with Crippen molar-refractivity contribution in [1.82, 2.24) is 4.72 Å². The predicted octanol–water partition coefficient (Wildman–Crippen LogP) is 0.347. The molecule has 1 N–H and O–H groups in total. The van der Waals surface area contributed by atoms with E-state index in [9.17, 15) is 28.4 Å². The molecule has 0 saturated heterocycles. The number of carbonyl (C=O) groups is 1. The van der Waals surface area contributed by atoms with E-state index in [2.05, 4.69) is 4.72 Å². The van der Waals surface area contributed by atoms with E-state index in [-0.39, 0.29) is 16.3 Å². The molecule has 0 spiro atoms. The van der Waals surface area contributed by atoms with Gasteiger partial charge < -0.3 is 14.3 Å². The molecule has 2 rings (SSSR count). The molecule has 2 aromatic rings. The van der Waals surface area contributed by atoms with Crippen LogP contribution in [-0.2, 0) is 14.8 Å². The Morgan fingerprint density at radius 3 is 2.39 bits per heavy atom. The average Bonchev–Trinajstić information content (AvgIpc) is 3.00. The zero-order valence-electron chi connectivity index (χ0n) is 11.5. The molecule has 0 radical (unpaired) electrons. The first kappa shape index (κ1) is 16.6. The van der Waals surface area contributed by atoms with E-state index in [0.717, 1.165) is 24.3 Å². The lowest BCUT2D eigenvalue weighted by molar-refractivity contribution is -0.384. The minimum absolute atomic E-state index is 0.111. The lowest BCUT2D eigenvalue weighted by Gasteiger charge is -2.17. The molecule has 0 aliphatic carbocycles. The Balaban J connectivity index is 2.27. The van der Waals surface area contributed by atoms with E-state index < -0.39 is 33.4 Å². The number of non-ortho nitro benzene ring substituents is 1. The number of hydrogen-bond donors (Lipinski definition) is 1. The molecule has 0 saturated carbocycles. The summed E-state index contributed by atoms with van der Waals surface area (Å²) in [6, 6.07) is 5.93. The molecule has 1 aromatic carbocycles. The van der Waals surface area contributed by atoms with E-state index >= 15 is 0 Å². The minimum atomic E-state index is -4.10. The van der Waals surface area contributed by atoms with Gasteiger partial charge in [0.05, 0.1) is 22.1 Å². The van der Waals surface area contributed by atoms with Crippen LogP contribution in [0.5, 0.6) is 0 Å². The van der Waals surface area contributed by atoms with Crippen molar-refractivity contribution in [3.63, 3.8) is 0 Å². The van der Waals surface area contributed by atoms with Crippen molar-refractivity contribution < 1.29 is 27.7 Å². The first-order valence-corrected chi connectivity index (χ1v) is 7.78. The number of carboxylic acid groups (broad SMARTS) is 1. The van der Waals surface area contributed by atoms with Crippen LogP contribution in [0.25, 0.3) is 0 Å². The highest BCUT2D eigenvalue weighted by Gasteiger charge is 2.24. The van der Waals surface area contributed by atoms with Gasteiger partial charge >= 0.3 is 0 Å². The average molecular weight is 339 g/mol. The van der Waals surface area contributed by atoms with Crippen LogP contribution in [0, 0.1) is 10.1 Å². The Morgan fingerprint density at radius 1 is 1.26 bits per heavy atom. The van der Waals surface area contributed by atoms with E-state index in [1.165, 1.54) is 18.4 Å². The number of rotatable bonds is 7. The Hall–Kier alpha value is -2.72. The van der Waals surface area contributed by atoms with Crippen LogP contribution in [0.15, 0.2) is 52.0 Å². The fourth-order valence-corrected chi connectivity index (χ4v) is 3.06. The van der Waals surface area contributed by atoms with Gasteiger partial charge in [0.1, 0.15) is 5.76 Å². The van der Waals surface area contributed by atoms with Gasteiger partial charge in [-0.2, -0.15) is 0 Å². The summed E-state index contributed by atoms with van der Waals surface area (Å²) in [4.78, 5) is 20.5. The minimum Gasteiger partial charge on any atom is -0.550 e. The molecule has 122 valence electrons. The molecule has 0 amide bonds. The number of sulfonamides is 1. The standard InChI is InChI=1S/C13H12N2O7S/c16-13(17)8-11(12-2-1-7-22-12)14-23(20,21)10-5-3-9(4-6-10)15(18)19/h1-7,11,14H,8H2,(H,16,17)/p-1. The second kappa shape index (κ2) is 6.58. The largest absolute Gasteiger partial charge is 0.550 e. The third-order valence-electron chi connectivity index (χ3n) is 2.91. The molecule has 1 heterocycles. The number of nitro groups is 1. The van der Waals surface area contributed by atoms with Gasteiger partial charge in [0, 0.05) is 24.5 Å². The number of carboxylic acids is 1. The highest BCUT2D eigenvalue weighted by molar-refractivity contribution is 7.89. The molecule has 23 heavy (non-hydrogen) atoms. The monoisotopic (exact) mass is 339 g/mol. The maximum Gasteiger partial charge on any atom is 0.269 e. The molecule has 1 unspecified atom stereocenters. The van der Waals surface area contributed by atoms with Crippen LogP contribution < -0.4 is 9.83 Å². The highest BCUT2D eigenvalue weighted by atomic mass is 32.2. The van der Waals surface area contributed by atoms with Gasteiger partial charge in [-0.3, -0.25) is 10.1 Å². The Morgan fingerprint density at radius 2 is 1.91 bits per heavy atom. The number of nitrogens with zero attached hydrogens (tertiary/aromatic N) is 1. The fourth-order valence-electron chi connectivity index (χ4n) is 1.86. The quantitative estimate of drug-likeness (QED) is 0.566. The van der Waals surface area contributed by atoms with Crippen LogP contribution in [0.3, 0.4) is 0 Å². The van der Waals surface area contributed by atoms with Crippen molar-refractivity contribution in [1.29, 1.82) is 0 Å². The summed E-state index contributed by atoms with van der Waals surface area (Å²) in [6.07, 6.45) is 0.650. The van der Waals surface area contributed by atoms with E-state index in [0.29, 0.717) is 0 Å². The third kappa shape index (κ3) is 4.14. The van der Waals surface area contributed by atoms with Gasteiger partial charge in [-0.05, 0) is 24.3 Å². The number of furan rings is 1. The molecule has 0 aliphatic heterocycles. The number of nitro benzene ring substituents is 1. The normalized spacial score (nSPS) is 12.7. The van der Waals surface area contributed by atoms with Gasteiger partial charge in [0.25, 0.3) is 5.69 Å². The van der Waals surface area contributed by atoms with Crippen molar-refractivity contribution in [2.75, 3.05) is 0 Å². The highest BCUT2D eigenvalue weighted by Crippen LogP contribution is 2.22. The molecule has 0 fully saturated rings. The Labute approximate surface area is 130 Å². The lowest BCUT2D eigenvalue weighted by atomic mass is 10.2. The molecule has 0 aliphatic rings. The fraction of sp³-hybridized carbons (Fsp3) is 0.154. The summed E-state index contributed by atoms with van der Waals surface area (Å²) in [5.41, 5.74) is -0.263. The predicted molar refractivity (Wildman–Crippen MR) is 74.5 cm³/mol. The molecular weight excluding hydrogens is 328 g/mol. The van der Waals surface area contributed by atoms with Gasteiger partial charge in [-0.1, -0.05) is 0 Å². The number of nitrogens with one attached hydrogen (secondary N) is 1. The second-order valence-corrected chi connectivity index (χ2v) is 6.23. The smallest absolute Gasteiger partial charge is 0.269 e. The van der Waals surface area contributed by atoms with Crippen LogP contribution in [0.1, 0.15) is 18.2 Å². The zero-order chi connectivity index (χ0) is 17.0. The summed E-state index contributed by atoms with van der Waals surface area (Å²) in [7, 11) is -4.10. The number of aliphatic carboxylic acids is 1. The van der Waals surface area contributed by atoms with E-state index in [4.69, 9.17) is 4.42 Å². The molecular formula is C13H11N2O7S-. The summed E-state index contributed by atoms with van der Waals surface area (Å²) >= 11 is 0. The molecule has 9 nitrogen and oxygen atoms in total. The SMILES string of the molecule is O=C([O-])CC(NS(=O)(=O)c1ccc([N+](=O)[O-])cc1)c1ccco1. The summed E-state index contributed by atoms with van der Waals surface area (Å²) < 4.78 is 31.7. The lowest BCUT2D eigenvalue weighted by Crippen LogP contribution is -2.34.